The van der Waals surface area contributed by atoms with Crippen molar-refractivity contribution in [1.29, 1.82) is 5.26 Å². The number of aromatic amines is 1. The van der Waals surface area contributed by atoms with Crippen LogP contribution in [0.5, 0.6) is 5.75 Å². The molecule has 0 aliphatic heterocycles. The van der Waals surface area contributed by atoms with Gasteiger partial charge < -0.3 is 10.1 Å². The summed E-state index contributed by atoms with van der Waals surface area (Å²) in [6, 6.07) is 22.8. The van der Waals surface area contributed by atoms with Gasteiger partial charge in [-0.1, -0.05) is 48.0 Å². The number of fused-ring (bicyclic) bond motifs is 1. The van der Waals surface area contributed by atoms with Gasteiger partial charge in [0.25, 0.3) is 0 Å². The average Bonchev–Trinajstić information content (AvgIpc) is 2.99. The molecule has 28 heavy (non-hydrogen) atoms. The molecule has 1 unspecified atom stereocenters. The maximum Gasteiger partial charge on any atom is 0.132 e. The van der Waals surface area contributed by atoms with E-state index in [4.69, 9.17) is 11.6 Å². The summed E-state index contributed by atoms with van der Waals surface area (Å²) in [6.45, 7) is 4.14. The summed E-state index contributed by atoms with van der Waals surface area (Å²) in [5, 5.41) is 22.0. The zero-order valence-electron chi connectivity index (χ0n) is 15.6. The molecule has 0 fully saturated rings. The summed E-state index contributed by atoms with van der Waals surface area (Å²) >= 11 is 6.10. The first-order valence-corrected chi connectivity index (χ1v) is 9.39. The van der Waals surface area contributed by atoms with Crippen LogP contribution in [0, 0.1) is 25.2 Å². The van der Waals surface area contributed by atoms with Crippen molar-refractivity contribution in [2.24, 2.45) is 0 Å². The molecule has 1 aromatic heterocycles. The van der Waals surface area contributed by atoms with Crippen LogP contribution in [0.4, 0.5) is 0 Å². The first kappa shape index (κ1) is 18.2. The minimum absolute atomic E-state index is 0.165. The van der Waals surface area contributed by atoms with Crippen molar-refractivity contribution in [3.63, 3.8) is 0 Å². The number of hydrogen-bond donors (Lipinski definition) is 2. The van der Waals surface area contributed by atoms with Crippen LogP contribution in [-0.2, 0) is 5.41 Å². The predicted octanol–water partition coefficient (Wildman–Crippen LogP) is 6.00. The highest BCUT2D eigenvalue weighted by atomic mass is 35.5. The third kappa shape index (κ3) is 2.74. The standard InChI is InChI=1S/C24H19ClN2O/c1-15-16(2)27-23-13-19(7-12-22(15)23)24(14-26,17-3-8-20(25)9-4-17)18-5-10-21(28)11-6-18/h3-13,27-28H,1-2H3. The molecule has 0 spiro atoms. The van der Waals surface area contributed by atoms with Crippen molar-refractivity contribution in [1.82, 2.24) is 4.98 Å². The Morgan fingerprint density at radius 1 is 0.893 bits per heavy atom. The molecule has 3 aromatic carbocycles. The quantitative estimate of drug-likeness (QED) is 0.424. The number of rotatable bonds is 3. The van der Waals surface area contributed by atoms with Crippen LogP contribution >= 0.6 is 11.6 Å². The van der Waals surface area contributed by atoms with E-state index in [1.54, 1.807) is 36.4 Å². The first-order valence-electron chi connectivity index (χ1n) is 9.02. The van der Waals surface area contributed by atoms with Gasteiger partial charge in [-0.2, -0.15) is 5.26 Å². The van der Waals surface area contributed by atoms with Gasteiger partial charge in [-0.15, -0.1) is 0 Å². The van der Waals surface area contributed by atoms with Crippen LogP contribution in [0.15, 0.2) is 66.7 Å². The van der Waals surface area contributed by atoms with Gasteiger partial charge in [0.1, 0.15) is 11.2 Å². The molecule has 0 saturated heterocycles. The fraction of sp³-hybridized carbons (Fsp3) is 0.125. The molecule has 4 rings (SSSR count). The molecule has 0 saturated carbocycles. The van der Waals surface area contributed by atoms with Crippen LogP contribution in [0.1, 0.15) is 27.9 Å². The number of H-pyrrole nitrogens is 1. The fourth-order valence-electron chi connectivity index (χ4n) is 3.81. The SMILES string of the molecule is Cc1[nH]c2cc(C(C#N)(c3ccc(O)cc3)c3ccc(Cl)cc3)ccc2c1C. The van der Waals surface area contributed by atoms with Gasteiger partial charge in [0.2, 0.25) is 0 Å². The second-order valence-electron chi connectivity index (χ2n) is 7.05. The Balaban J connectivity index is 2.03. The predicted molar refractivity (Wildman–Crippen MR) is 113 cm³/mol. The molecule has 4 heteroatoms. The van der Waals surface area contributed by atoms with E-state index in [0.29, 0.717) is 5.02 Å². The topological polar surface area (TPSA) is 59.8 Å². The monoisotopic (exact) mass is 386 g/mol. The Labute approximate surface area is 168 Å². The number of benzene rings is 3. The molecule has 3 nitrogen and oxygen atoms in total. The molecule has 2 N–H and O–H groups in total. The number of nitrogens with zero attached hydrogens (tertiary/aromatic N) is 1. The molecule has 0 radical (unpaired) electrons. The molecule has 1 heterocycles. The van der Waals surface area contributed by atoms with E-state index in [2.05, 4.69) is 24.0 Å². The Morgan fingerprint density at radius 3 is 2.07 bits per heavy atom. The van der Waals surface area contributed by atoms with Gasteiger partial charge in [0.05, 0.1) is 6.07 Å². The Kier molecular flexibility index (Phi) is 4.37. The number of nitrogens with one attached hydrogen (secondary N) is 1. The molecule has 0 aliphatic carbocycles. The number of aromatic nitrogens is 1. The number of aryl methyl sites for hydroxylation is 2. The van der Waals surface area contributed by atoms with E-state index < -0.39 is 5.41 Å². The summed E-state index contributed by atoms with van der Waals surface area (Å²) in [5.74, 6) is 0.165. The smallest absolute Gasteiger partial charge is 0.132 e. The summed E-state index contributed by atoms with van der Waals surface area (Å²) in [7, 11) is 0. The van der Waals surface area contributed by atoms with Crippen LogP contribution in [0.2, 0.25) is 5.02 Å². The summed E-state index contributed by atoms with van der Waals surface area (Å²) in [6.07, 6.45) is 0. The lowest BCUT2D eigenvalue weighted by Crippen LogP contribution is -2.27. The van der Waals surface area contributed by atoms with Crippen molar-refractivity contribution < 1.29 is 5.11 Å². The lowest BCUT2D eigenvalue weighted by Gasteiger charge is -2.29. The molecular weight excluding hydrogens is 368 g/mol. The lowest BCUT2D eigenvalue weighted by atomic mass is 9.70. The largest absolute Gasteiger partial charge is 0.508 e. The Morgan fingerprint density at radius 2 is 1.46 bits per heavy atom. The van der Waals surface area contributed by atoms with E-state index in [1.165, 1.54) is 5.56 Å². The number of nitriles is 1. The van der Waals surface area contributed by atoms with E-state index in [0.717, 1.165) is 33.3 Å². The number of halogens is 1. The van der Waals surface area contributed by atoms with Gasteiger partial charge in [-0.25, -0.2) is 0 Å². The molecule has 138 valence electrons. The van der Waals surface area contributed by atoms with Gasteiger partial charge in [-0.3, -0.25) is 0 Å². The van der Waals surface area contributed by atoms with E-state index in [-0.39, 0.29) is 5.75 Å². The van der Waals surface area contributed by atoms with Crippen molar-refractivity contribution in [2.45, 2.75) is 19.3 Å². The van der Waals surface area contributed by atoms with Crippen molar-refractivity contribution in [3.05, 3.63) is 99.7 Å². The molecule has 0 aliphatic rings. The van der Waals surface area contributed by atoms with Crippen LogP contribution < -0.4 is 0 Å². The fourth-order valence-corrected chi connectivity index (χ4v) is 3.94. The van der Waals surface area contributed by atoms with E-state index in [1.807, 2.05) is 31.2 Å². The van der Waals surface area contributed by atoms with Crippen LogP contribution in [0.3, 0.4) is 0 Å². The average molecular weight is 387 g/mol. The Bertz CT molecular complexity index is 1150. The van der Waals surface area contributed by atoms with Gasteiger partial charge in [0.15, 0.2) is 0 Å². The molecule has 0 bridgehead atoms. The van der Waals surface area contributed by atoms with Crippen molar-refractivity contribution >= 4 is 22.5 Å². The van der Waals surface area contributed by atoms with Gasteiger partial charge in [-0.05, 0) is 66.4 Å². The normalized spacial score (nSPS) is 13.2. The van der Waals surface area contributed by atoms with Crippen LogP contribution in [0.25, 0.3) is 10.9 Å². The second kappa shape index (κ2) is 6.74. The number of phenols is 1. The molecule has 1 atom stereocenters. The molecular formula is C24H19ClN2O. The molecule has 0 amide bonds. The number of hydrogen-bond acceptors (Lipinski definition) is 2. The minimum atomic E-state index is -1.03. The zero-order valence-corrected chi connectivity index (χ0v) is 16.4. The van der Waals surface area contributed by atoms with E-state index >= 15 is 0 Å². The second-order valence-corrected chi connectivity index (χ2v) is 7.49. The highest BCUT2D eigenvalue weighted by Gasteiger charge is 2.37. The maximum atomic E-state index is 10.5. The van der Waals surface area contributed by atoms with Crippen LogP contribution in [-0.4, -0.2) is 10.1 Å². The summed E-state index contributed by atoms with van der Waals surface area (Å²) < 4.78 is 0. The van der Waals surface area contributed by atoms with Gasteiger partial charge in [0, 0.05) is 21.6 Å². The summed E-state index contributed by atoms with van der Waals surface area (Å²) in [4.78, 5) is 3.41. The van der Waals surface area contributed by atoms with Gasteiger partial charge >= 0.3 is 0 Å². The highest BCUT2D eigenvalue weighted by molar-refractivity contribution is 6.30. The number of aromatic hydroxyl groups is 1. The zero-order chi connectivity index (χ0) is 19.9. The summed E-state index contributed by atoms with van der Waals surface area (Å²) in [5.41, 5.74) is 4.76. The Hall–Kier alpha value is -3.22. The third-order valence-electron chi connectivity index (χ3n) is 5.49. The van der Waals surface area contributed by atoms with Crippen molar-refractivity contribution in [2.75, 3.05) is 0 Å². The highest BCUT2D eigenvalue weighted by Crippen LogP contribution is 2.41. The van der Waals surface area contributed by atoms with E-state index in [9.17, 15) is 10.4 Å². The molecule has 4 aromatic rings. The number of phenolic OH excluding ortho intramolecular Hbond substituents is 1. The minimum Gasteiger partial charge on any atom is -0.508 e. The first-order chi connectivity index (χ1) is 13.5. The lowest BCUT2D eigenvalue weighted by molar-refractivity contribution is 0.475. The maximum absolute atomic E-state index is 10.5. The van der Waals surface area contributed by atoms with Crippen molar-refractivity contribution in [3.8, 4) is 11.8 Å². The third-order valence-corrected chi connectivity index (χ3v) is 5.74.